The fourth-order valence-corrected chi connectivity index (χ4v) is 1.64. The van der Waals surface area contributed by atoms with Crippen LogP contribution >= 0.6 is 0 Å². The van der Waals surface area contributed by atoms with E-state index >= 15 is 0 Å². The summed E-state index contributed by atoms with van der Waals surface area (Å²) in [4.78, 5) is 0. The third-order valence-corrected chi connectivity index (χ3v) is 2.69. The van der Waals surface area contributed by atoms with Gasteiger partial charge in [-0.3, -0.25) is 12.2 Å². The number of allylic oxidation sites excluding steroid dienone is 8. The molecule has 2 rings (SSSR count). The summed E-state index contributed by atoms with van der Waals surface area (Å²) >= 11 is 0. The van der Waals surface area contributed by atoms with Crippen LogP contribution < -0.4 is 0 Å². The Morgan fingerprint density at radius 1 is 0.704 bits per heavy atom. The topological polar surface area (TPSA) is 47.6 Å². The summed E-state index contributed by atoms with van der Waals surface area (Å²) in [6.07, 6.45) is 17.2. The van der Waals surface area contributed by atoms with Gasteiger partial charge in [0.25, 0.3) is 0 Å². The minimum Gasteiger partial charge on any atom is -0.680 e. The molecule has 0 bridgehead atoms. The van der Waals surface area contributed by atoms with Crippen LogP contribution in [-0.4, -0.2) is 16.5 Å². The van der Waals surface area contributed by atoms with Gasteiger partial charge in [-0.2, -0.15) is 12.2 Å². The first-order chi connectivity index (χ1) is 11.6. The first-order valence-corrected chi connectivity index (χ1v) is 16.7. The Morgan fingerprint density at radius 2 is 0.926 bits per heavy atom. The molecule has 2 aliphatic carbocycles. The number of rotatable bonds is 2. The van der Waals surface area contributed by atoms with Crippen molar-refractivity contribution in [3.8, 4) is 0 Å². The molecule has 0 saturated carbocycles. The second kappa shape index (κ2) is 16.4. The number of hydrogen-bond donors (Lipinski definition) is 0. The van der Waals surface area contributed by atoms with Crippen molar-refractivity contribution in [1.82, 2.24) is 0 Å². The molecule has 0 unspecified atom stereocenters. The second-order valence-electron chi connectivity index (χ2n) is 9.29. The maximum atomic E-state index is 7.08. The van der Waals surface area contributed by atoms with E-state index in [-0.39, 0.29) is 39.9 Å². The van der Waals surface area contributed by atoms with E-state index < -0.39 is 16.5 Å². The molecule has 0 saturated heterocycles. The van der Waals surface area contributed by atoms with Gasteiger partial charge < -0.3 is 10.8 Å². The molecule has 158 valence electrons. The molecule has 2 aliphatic rings. The molecular formula is C22H42GdN2Si2-2. The Kier molecular flexibility index (Phi) is 19.7. The average Bonchev–Trinajstić information content (AvgIpc) is 3.10. The van der Waals surface area contributed by atoms with E-state index in [1.54, 1.807) is 0 Å². The number of hydrogen-bond acceptors (Lipinski definition) is 0. The molecule has 27 heavy (non-hydrogen) atoms. The maximum Gasteiger partial charge on any atom is 2.00 e. The van der Waals surface area contributed by atoms with Crippen molar-refractivity contribution in [2.45, 2.75) is 79.8 Å². The van der Waals surface area contributed by atoms with Crippen molar-refractivity contribution in [1.29, 1.82) is 0 Å². The van der Waals surface area contributed by atoms with Gasteiger partial charge in [0.05, 0.1) is 0 Å². The monoisotopic (exact) mass is 548 g/mol. The maximum absolute atomic E-state index is 7.08. The molecule has 2 nitrogen and oxygen atoms in total. The summed E-state index contributed by atoms with van der Waals surface area (Å²) in [5.41, 5.74) is 2.73. The van der Waals surface area contributed by atoms with Crippen LogP contribution in [0, 0.1) is 63.9 Å². The van der Waals surface area contributed by atoms with Gasteiger partial charge in [-0.1, -0.05) is 95.3 Å². The summed E-state index contributed by atoms with van der Waals surface area (Å²) in [6, 6.07) is 0. The van der Waals surface area contributed by atoms with Crippen LogP contribution in [-0.2, 0) is 0 Å². The average molecular weight is 548 g/mol. The quantitative estimate of drug-likeness (QED) is 0.246. The molecule has 0 atom stereocenters. The zero-order valence-electron chi connectivity index (χ0n) is 19.2. The Hall–Kier alpha value is 0.638. The van der Waals surface area contributed by atoms with Gasteiger partial charge in [0.1, 0.15) is 0 Å². The Labute approximate surface area is 204 Å². The van der Waals surface area contributed by atoms with Crippen molar-refractivity contribution < 1.29 is 39.9 Å². The summed E-state index contributed by atoms with van der Waals surface area (Å²) in [5.74, 6) is 1.32. The van der Waals surface area contributed by atoms with Gasteiger partial charge in [-0.15, -0.1) is 12.8 Å². The SMILES string of the molecule is CC(C)C1=[C-]CC=C1.CC(C)C1=[C-]CC=C1.C[Si](C)(C)[NH-].C[Si](C)(C)[NH-].[Gd+2]. The molecule has 0 fully saturated rings. The zero-order valence-corrected chi connectivity index (χ0v) is 23.5. The van der Waals surface area contributed by atoms with Crippen LogP contribution in [0.2, 0.25) is 39.3 Å². The van der Waals surface area contributed by atoms with Crippen LogP contribution in [0.25, 0.3) is 10.8 Å². The van der Waals surface area contributed by atoms with E-state index in [0.717, 1.165) is 12.8 Å². The van der Waals surface area contributed by atoms with Gasteiger partial charge >= 0.3 is 39.9 Å². The predicted octanol–water partition coefficient (Wildman–Crippen LogP) is 8.41. The van der Waals surface area contributed by atoms with Gasteiger partial charge in [0.2, 0.25) is 0 Å². The Morgan fingerprint density at radius 3 is 1.00 bits per heavy atom. The van der Waals surface area contributed by atoms with Gasteiger partial charge in [0.15, 0.2) is 0 Å². The van der Waals surface area contributed by atoms with Crippen molar-refractivity contribution in [3.63, 3.8) is 0 Å². The normalized spacial score (nSPS) is 14.9. The van der Waals surface area contributed by atoms with E-state index in [9.17, 15) is 0 Å². The fraction of sp³-hybridized carbons (Fsp3) is 0.636. The van der Waals surface area contributed by atoms with Crippen molar-refractivity contribution in [2.24, 2.45) is 11.8 Å². The van der Waals surface area contributed by atoms with Gasteiger partial charge in [-0.25, -0.2) is 23.3 Å². The Bertz CT molecular complexity index is 433. The van der Waals surface area contributed by atoms with E-state index in [0.29, 0.717) is 11.8 Å². The molecule has 0 amide bonds. The van der Waals surface area contributed by atoms with Crippen LogP contribution in [0.5, 0.6) is 0 Å². The van der Waals surface area contributed by atoms with Gasteiger partial charge in [-0.05, 0) is 0 Å². The van der Waals surface area contributed by atoms with Crippen molar-refractivity contribution >= 4 is 16.5 Å². The first-order valence-electron chi connectivity index (χ1n) is 9.65. The van der Waals surface area contributed by atoms with Gasteiger partial charge in [0, 0.05) is 0 Å². The van der Waals surface area contributed by atoms with Crippen LogP contribution in [0.1, 0.15) is 40.5 Å². The fourth-order valence-electron chi connectivity index (χ4n) is 1.64. The summed E-state index contributed by atoms with van der Waals surface area (Å²) in [5, 5.41) is 14.2. The van der Waals surface area contributed by atoms with Crippen molar-refractivity contribution in [3.05, 3.63) is 58.4 Å². The molecule has 0 aromatic rings. The minimum absolute atomic E-state index is 0. The van der Waals surface area contributed by atoms with Crippen LogP contribution in [0.3, 0.4) is 0 Å². The zero-order chi connectivity index (χ0) is 21.0. The standard InChI is InChI=1S/2C8H11.2C3H10NSi.Gd/c2*1-7(2)8-5-3-4-6-8;2*1-5(2,3)4;/h2*3,5,7H,4H2,1-2H3;2*4H,1-3H3;/q4*-1;+2. The molecular weight excluding hydrogens is 506 g/mol. The summed E-state index contributed by atoms with van der Waals surface area (Å²) in [6.45, 7) is 20.7. The van der Waals surface area contributed by atoms with E-state index in [2.05, 4.69) is 64.2 Å². The molecule has 0 spiro atoms. The van der Waals surface area contributed by atoms with Crippen LogP contribution in [0.4, 0.5) is 0 Å². The number of nitrogens with one attached hydrogen (secondary N) is 2. The van der Waals surface area contributed by atoms with Crippen molar-refractivity contribution in [2.75, 3.05) is 0 Å². The third-order valence-electron chi connectivity index (χ3n) is 2.69. The minimum atomic E-state index is -1.36. The summed E-state index contributed by atoms with van der Waals surface area (Å²) in [7, 11) is -2.72. The molecule has 0 aliphatic heterocycles. The molecule has 2 N–H and O–H groups in total. The van der Waals surface area contributed by atoms with E-state index in [1.165, 1.54) is 11.1 Å². The summed E-state index contributed by atoms with van der Waals surface area (Å²) < 4.78 is 0. The van der Waals surface area contributed by atoms with Crippen LogP contribution in [0.15, 0.2) is 35.5 Å². The smallest absolute Gasteiger partial charge is 0.680 e. The predicted molar refractivity (Wildman–Crippen MR) is 126 cm³/mol. The molecule has 0 heterocycles. The van der Waals surface area contributed by atoms with E-state index in [1.807, 2.05) is 39.3 Å². The van der Waals surface area contributed by atoms with E-state index in [4.69, 9.17) is 10.8 Å². The first kappa shape index (κ1) is 32.3. The third kappa shape index (κ3) is 31.6. The molecule has 5 heteroatoms. The molecule has 0 aromatic carbocycles. The molecule has 0 aromatic heterocycles. The Balaban J connectivity index is -0.000000289. The second-order valence-corrected chi connectivity index (χ2v) is 18.3. The largest absolute Gasteiger partial charge is 2.00 e. The molecule has 0 radical (unpaired) electrons.